The molecule has 0 heterocycles. The van der Waals surface area contributed by atoms with E-state index in [9.17, 15) is 4.79 Å². The number of nitrogens with two attached hydrogens (primary N) is 1. The Morgan fingerprint density at radius 1 is 1.54 bits per heavy atom. The third-order valence-electron chi connectivity index (χ3n) is 2.30. The van der Waals surface area contributed by atoms with E-state index in [4.69, 9.17) is 5.73 Å². The SMILES string of the molecule is CC(CC1CC1)NCCNC(N)=O. The molecule has 1 aliphatic carbocycles. The van der Waals surface area contributed by atoms with Crippen molar-refractivity contribution in [2.24, 2.45) is 11.7 Å². The Kier molecular flexibility index (Phi) is 4.02. The highest BCUT2D eigenvalue weighted by Crippen LogP contribution is 2.33. The quantitative estimate of drug-likeness (QED) is 0.525. The van der Waals surface area contributed by atoms with Gasteiger partial charge in [0.1, 0.15) is 0 Å². The largest absolute Gasteiger partial charge is 0.352 e. The van der Waals surface area contributed by atoms with E-state index in [0.29, 0.717) is 12.6 Å². The smallest absolute Gasteiger partial charge is 0.312 e. The van der Waals surface area contributed by atoms with Gasteiger partial charge in [0.25, 0.3) is 0 Å². The van der Waals surface area contributed by atoms with E-state index in [0.717, 1.165) is 12.5 Å². The second-order valence-corrected chi connectivity index (χ2v) is 3.83. The van der Waals surface area contributed by atoms with Crippen molar-refractivity contribution in [3.05, 3.63) is 0 Å². The first kappa shape index (κ1) is 10.3. The van der Waals surface area contributed by atoms with Gasteiger partial charge in [0, 0.05) is 19.1 Å². The van der Waals surface area contributed by atoms with Crippen LogP contribution in [-0.4, -0.2) is 25.2 Å². The fourth-order valence-corrected chi connectivity index (χ4v) is 1.44. The van der Waals surface area contributed by atoms with Crippen molar-refractivity contribution < 1.29 is 4.79 Å². The lowest BCUT2D eigenvalue weighted by molar-refractivity contribution is 0.248. The minimum absolute atomic E-state index is 0.448. The van der Waals surface area contributed by atoms with Crippen LogP contribution in [0.25, 0.3) is 0 Å². The van der Waals surface area contributed by atoms with Crippen molar-refractivity contribution in [1.29, 1.82) is 0 Å². The molecule has 4 nitrogen and oxygen atoms in total. The summed E-state index contributed by atoms with van der Waals surface area (Å²) in [7, 11) is 0. The molecule has 0 bridgehead atoms. The molecule has 76 valence electrons. The molecule has 0 aromatic heterocycles. The normalized spacial score (nSPS) is 18.2. The molecule has 1 aliphatic rings. The fourth-order valence-electron chi connectivity index (χ4n) is 1.44. The average Bonchev–Trinajstić information content (AvgIpc) is 2.81. The first-order chi connectivity index (χ1) is 6.18. The molecule has 0 saturated heterocycles. The third kappa shape index (κ3) is 5.47. The van der Waals surface area contributed by atoms with Crippen molar-refractivity contribution in [2.75, 3.05) is 13.1 Å². The van der Waals surface area contributed by atoms with Crippen LogP contribution in [0.15, 0.2) is 0 Å². The molecular formula is C9H19N3O. The molecule has 0 aromatic rings. The predicted octanol–water partition coefficient (Wildman–Crippen LogP) is 0.433. The molecular weight excluding hydrogens is 166 g/mol. The number of hydrogen-bond acceptors (Lipinski definition) is 2. The number of carbonyl (C=O) groups excluding carboxylic acids is 1. The van der Waals surface area contributed by atoms with Gasteiger partial charge in [-0.15, -0.1) is 0 Å². The van der Waals surface area contributed by atoms with Crippen LogP contribution in [0.2, 0.25) is 0 Å². The lowest BCUT2D eigenvalue weighted by Crippen LogP contribution is -2.38. The summed E-state index contributed by atoms with van der Waals surface area (Å²) < 4.78 is 0. The van der Waals surface area contributed by atoms with Crippen molar-refractivity contribution in [3.8, 4) is 0 Å². The second kappa shape index (κ2) is 5.07. The predicted molar refractivity (Wildman–Crippen MR) is 52.4 cm³/mol. The van der Waals surface area contributed by atoms with Crippen LogP contribution in [0.4, 0.5) is 4.79 Å². The van der Waals surface area contributed by atoms with Gasteiger partial charge in [-0.25, -0.2) is 4.79 Å². The highest BCUT2D eigenvalue weighted by Gasteiger charge is 2.22. The molecule has 0 radical (unpaired) electrons. The van der Waals surface area contributed by atoms with Crippen molar-refractivity contribution in [2.45, 2.75) is 32.2 Å². The summed E-state index contributed by atoms with van der Waals surface area (Å²) in [5, 5.41) is 5.89. The van der Waals surface area contributed by atoms with Gasteiger partial charge in [-0.2, -0.15) is 0 Å². The lowest BCUT2D eigenvalue weighted by atomic mass is 10.1. The highest BCUT2D eigenvalue weighted by molar-refractivity contribution is 5.71. The van der Waals surface area contributed by atoms with Crippen molar-refractivity contribution in [3.63, 3.8) is 0 Å². The van der Waals surface area contributed by atoms with E-state index in [1.807, 2.05) is 0 Å². The maximum atomic E-state index is 10.3. The number of amides is 2. The molecule has 13 heavy (non-hydrogen) atoms. The second-order valence-electron chi connectivity index (χ2n) is 3.83. The number of carbonyl (C=O) groups is 1. The first-order valence-electron chi connectivity index (χ1n) is 4.95. The fraction of sp³-hybridized carbons (Fsp3) is 0.889. The number of urea groups is 1. The van der Waals surface area contributed by atoms with Gasteiger partial charge in [0.2, 0.25) is 0 Å². The molecule has 0 spiro atoms. The summed E-state index contributed by atoms with van der Waals surface area (Å²) >= 11 is 0. The molecule has 0 aliphatic heterocycles. The number of nitrogens with one attached hydrogen (secondary N) is 2. The summed E-state index contributed by atoms with van der Waals surface area (Å²) in [6, 6.07) is 0.110. The molecule has 0 aromatic carbocycles. The zero-order valence-corrected chi connectivity index (χ0v) is 8.18. The van der Waals surface area contributed by atoms with Crippen LogP contribution < -0.4 is 16.4 Å². The maximum absolute atomic E-state index is 10.3. The monoisotopic (exact) mass is 185 g/mol. The maximum Gasteiger partial charge on any atom is 0.312 e. The van der Waals surface area contributed by atoms with Gasteiger partial charge in [0.15, 0.2) is 0 Å². The van der Waals surface area contributed by atoms with Crippen LogP contribution in [0.5, 0.6) is 0 Å². The van der Waals surface area contributed by atoms with Crippen molar-refractivity contribution in [1.82, 2.24) is 10.6 Å². The first-order valence-corrected chi connectivity index (χ1v) is 4.95. The van der Waals surface area contributed by atoms with Gasteiger partial charge < -0.3 is 16.4 Å². The zero-order chi connectivity index (χ0) is 9.68. The van der Waals surface area contributed by atoms with Crippen LogP contribution in [-0.2, 0) is 0 Å². The van der Waals surface area contributed by atoms with Gasteiger partial charge >= 0.3 is 6.03 Å². The van der Waals surface area contributed by atoms with Crippen LogP contribution in [0, 0.1) is 5.92 Å². The number of hydrogen-bond donors (Lipinski definition) is 3. The lowest BCUT2D eigenvalue weighted by Gasteiger charge is -2.12. The topological polar surface area (TPSA) is 67.2 Å². The van der Waals surface area contributed by atoms with Crippen LogP contribution in [0.3, 0.4) is 0 Å². The Labute approximate surface area is 79.3 Å². The van der Waals surface area contributed by atoms with Crippen molar-refractivity contribution >= 4 is 6.03 Å². The van der Waals surface area contributed by atoms with Gasteiger partial charge in [0.05, 0.1) is 0 Å². The standard InChI is InChI=1S/C9H19N3O/c1-7(6-8-2-3-8)11-4-5-12-9(10)13/h7-8,11H,2-6H2,1H3,(H3,10,12,13). The molecule has 4 heteroatoms. The zero-order valence-electron chi connectivity index (χ0n) is 8.18. The van der Waals surface area contributed by atoms with E-state index < -0.39 is 6.03 Å². The van der Waals surface area contributed by atoms with Gasteiger partial charge in [-0.3, -0.25) is 0 Å². The highest BCUT2D eigenvalue weighted by atomic mass is 16.2. The van der Waals surface area contributed by atoms with E-state index in [2.05, 4.69) is 17.6 Å². The van der Waals surface area contributed by atoms with E-state index >= 15 is 0 Å². The minimum atomic E-state index is -0.448. The van der Waals surface area contributed by atoms with Gasteiger partial charge in [-0.1, -0.05) is 12.8 Å². The Hall–Kier alpha value is -0.770. The average molecular weight is 185 g/mol. The molecule has 1 unspecified atom stereocenters. The summed E-state index contributed by atoms with van der Waals surface area (Å²) in [6.07, 6.45) is 4.05. The molecule has 1 fully saturated rings. The summed E-state index contributed by atoms with van der Waals surface area (Å²) in [5.74, 6) is 0.951. The summed E-state index contributed by atoms with van der Waals surface area (Å²) in [5.41, 5.74) is 4.92. The van der Waals surface area contributed by atoms with Crippen LogP contribution >= 0.6 is 0 Å². The molecule has 1 saturated carbocycles. The van der Waals surface area contributed by atoms with E-state index in [-0.39, 0.29) is 0 Å². The number of rotatable bonds is 6. The summed E-state index contributed by atoms with van der Waals surface area (Å²) in [6.45, 7) is 3.60. The number of primary amides is 1. The Bertz CT molecular complexity index is 168. The third-order valence-corrected chi connectivity index (χ3v) is 2.30. The Morgan fingerprint density at radius 2 is 2.23 bits per heavy atom. The summed E-state index contributed by atoms with van der Waals surface area (Å²) in [4.78, 5) is 10.3. The van der Waals surface area contributed by atoms with E-state index in [1.165, 1.54) is 19.3 Å². The molecule has 1 rings (SSSR count). The Balaban J connectivity index is 1.88. The molecule has 2 amide bonds. The van der Waals surface area contributed by atoms with E-state index in [1.54, 1.807) is 0 Å². The van der Waals surface area contributed by atoms with Gasteiger partial charge in [-0.05, 0) is 19.3 Å². The Morgan fingerprint density at radius 3 is 2.77 bits per heavy atom. The van der Waals surface area contributed by atoms with Crippen LogP contribution in [0.1, 0.15) is 26.2 Å². The molecule has 1 atom stereocenters. The minimum Gasteiger partial charge on any atom is -0.352 e. The molecule has 4 N–H and O–H groups in total.